The summed E-state index contributed by atoms with van der Waals surface area (Å²) < 4.78 is 0. The zero-order valence-electron chi connectivity index (χ0n) is 19.0. The van der Waals surface area contributed by atoms with Gasteiger partial charge in [-0.1, -0.05) is 52.0 Å². The third kappa shape index (κ3) is 6.56. The molecule has 166 valence electrons. The zero-order chi connectivity index (χ0) is 22.4. The first-order chi connectivity index (χ1) is 14.7. The van der Waals surface area contributed by atoms with Crippen LogP contribution in [0.1, 0.15) is 45.2 Å². The summed E-state index contributed by atoms with van der Waals surface area (Å²) in [6, 6.07) is 15.5. The van der Waals surface area contributed by atoms with E-state index >= 15 is 0 Å². The third-order valence-electron chi connectivity index (χ3n) is 5.75. The summed E-state index contributed by atoms with van der Waals surface area (Å²) in [5.41, 5.74) is 4.13. The van der Waals surface area contributed by atoms with Crippen LogP contribution in [0.2, 0.25) is 0 Å². The lowest BCUT2D eigenvalue weighted by atomic mass is 9.86. The van der Waals surface area contributed by atoms with Gasteiger partial charge in [-0.05, 0) is 47.2 Å². The summed E-state index contributed by atoms with van der Waals surface area (Å²) in [4.78, 5) is 26.6. The second-order valence-electron chi connectivity index (χ2n) is 9.25. The van der Waals surface area contributed by atoms with E-state index in [2.05, 4.69) is 65.9 Å². The number of hydrogen-bond acceptors (Lipinski definition) is 3. The number of fused-ring (bicyclic) bond motifs is 1. The minimum absolute atomic E-state index is 0.000813. The van der Waals surface area contributed by atoms with Gasteiger partial charge in [0, 0.05) is 43.5 Å². The topological polar surface area (TPSA) is 73.5 Å². The van der Waals surface area contributed by atoms with Crippen LogP contribution in [0.25, 0.3) is 0 Å². The molecule has 2 aromatic rings. The highest BCUT2D eigenvalue weighted by Gasteiger charge is 2.29. The average molecular weight is 423 g/mol. The molecule has 1 atom stereocenters. The number of carbonyl (C=O) groups excluding carboxylic acids is 2. The molecule has 0 spiro atoms. The molecule has 3 rings (SSSR count). The maximum absolute atomic E-state index is 12.7. The van der Waals surface area contributed by atoms with Crippen LogP contribution < -0.4 is 16.0 Å². The van der Waals surface area contributed by atoms with Crippen molar-refractivity contribution in [1.82, 2.24) is 10.2 Å². The third-order valence-corrected chi connectivity index (χ3v) is 5.75. The van der Waals surface area contributed by atoms with Crippen LogP contribution in [0.15, 0.2) is 48.5 Å². The molecule has 1 unspecified atom stereocenters. The summed E-state index contributed by atoms with van der Waals surface area (Å²) in [5, 5.41) is 8.89. The number of carbonyl (C=O) groups is 2. The maximum atomic E-state index is 12.7. The molecule has 0 aliphatic carbocycles. The van der Waals surface area contributed by atoms with E-state index in [0.29, 0.717) is 12.1 Å². The Kier molecular flexibility index (Phi) is 7.33. The minimum Gasteiger partial charge on any atom is -0.333 e. The quantitative estimate of drug-likeness (QED) is 0.635. The van der Waals surface area contributed by atoms with Crippen molar-refractivity contribution in [2.24, 2.45) is 5.41 Å². The highest BCUT2D eigenvalue weighted by atomic mass is 16.2. The Labute approximate surface area is 185 Å². The largest absolute Gasteiger partial charge is 0.333 e. The van der Waals surface area contributed by atoms with Gasteiger partial charge in [0.05, 0.1) is 0 Å². The molecule has 0 fully saturated rings. The molecule has 1 heterocycles. The Morgan fingerprint density at radius 3 is 2.19 bits per heavy atom. The Balaban J connectivity index is 1.58. The molecule has 0 bridgehead atoms. The van der Waals surface area contributed by atoms with Gasteiger partial charge in [-0.15, -0.1) is 0 Å². The number of nitrogens with one attached hydrogen (secondary N) is 3. The number of urea groups is 1. The maximum Gasteiger partial charge on any atom is 0.319 e. The van der Waals surface area contributed by atoms with Crippen LogP contribution in [0.5, 0.6) is 0 Å². The van der Waals surface area contributed by atoms with Crippen molar-refractivity contribution in [3.63, 3.8) is 0 Å². The monoisotopic (exact) mass is 422 g/mol. The molecule has 0 aromatic heterocycles. The van der Waals surface area contributed by atoms with Crippen LogP contribution in [0.3, 0.4) is 0 Å². The summed E-state index contributed by atoms with van der Waals surface area (Å²) in [6.45, 7) is 11.0. The Bertz CT molecular complexity index is 902. The molecular formula is C25H34N4O2. The second kappa shape index (κ2) is 9.96. The normalized spacial score (nSPS) is 15.0. The number of nitrogens with zero attached hydrogens (tertiary/aromatic N) is 1. The molecule has 3 amide bonds. The predicted molar refractivity (Wildman–Crippen MR) is 126 cm³/mol. The molecule has 0 saturated carbocycles. The van der Waals surface area contributed by atoms with Crippen molar-refractivity contribution in [2.45, 2.75) is 53.1 Å². The summed E-state index contributed by atoms with van der Waals surface area (Å²) >= 11 is 0. The highest BCUT2D eigenvalue weighted by molar-refractivity contribution is 5.92. The molecule has 31 heavy (non-hydrogen) atoms. The number of rotatable bonds is 6. The van der Waals surface area contributed by atoms with Gasteiger partial charge in [-0.2, -0.15) is 0 Å². The summed E-state index contributed by atoms with van der Waals surface area (Å²) in [6.07, 6.45) is 1.47. The minimum atomic E-state index is -0.220. The molecule has 2 aromatic carbocycles. The van der Waals surface area contributed by atoms with E-state index in [4.69, 9.17) is 0 Å². The van der Waals surface area contributed by atoms with Crippen LogP contribution in [0, 0.1) is 5.41 Å². The predicted octanol–water partition coefficient (Wildman–Crippen LogP) is 4.63. The van der Waals surface area contributed by atoms with E-state index in [1.165, 1.54) is 11.1 Å². The zero-order valence-corrected chi connectivity index (χ0v) is 19.0. The first-order valence-electron chi connectivity index (χ1n) is 11.0. The van der Waals surface area contributed by atoms with E-state index in [1.54, 1.807) is 24.3 Å². The van der Waals surface area contributed by atoms with Crippen molar-refractivity contribution in [3.8, 4) is 0 Å². The van der Waals surface area contributed by atoms with Crippen molar-refractivity contribution in [3.05, 3.63) is 59.7 Å². The Hall–Kier alpha value is -2.86. The van der Waals surface area contributed by atoms with E-state index < -0.39 is 0 Å². The van der Waals surface area contributed by atoms with Gasteiger partial charge in [-0.3, -0.25) is 9.69 Å². The number of amides is 3. The lowest BCUT2D eigenvalue weighted by molar-refractivity contribution is -0.115. The van der Waals surface area contributed by atoms with Gasteiger partial charge >= 0.3 is 6.03 Å². The molecule has 0 saturated heterocycles. The fourth-order valence-electron chi connectivity index (χ4n) is 3.72. The summed E-state index contributed by atoms with van der Waals surface area (Å²) in [7, 11) is 0. The van der Waals surface area contributed by atoms with Crippen LogP contribution >= 0.6 is 0 Å². The molecule has 3 N–H and O–H groups in total. The fourth-order valence-corrected chi connectivity index (χ4v) is 3.72. The van der Waals surface area contributed by atoms with Crippen molar-refractivity contribution < 1.29 is 9.59 Å². The molecule has 1 aliphatic heterocycles. The van der Waals surface area contributed by atoms with E-state index in [1.807, 2.05) is 6.92 Å². The molecular weight excluding hydrogens is 388 g/mol. The van der Waals surface area contributed by atoms with E-state index in [0.717, 1.165) is 31.7 Å². The van der Waals surface area contributed by atoms with Gasteiger partial charge in [0.25, 0.3) is 0 Å². The van der Waals surface area contributed by atoms with E-state index in [9.17, 15) is 9.59 Å². The molecule has 6 heteroatoms. The van der Waals surface area contributed by atoms with Gasteiger partial charge in [-0.25, -0.2) is 4.79 Å². The SMILES string of the molecule is CCC(=O)Nc1ccc(NC(=O)NC(CN2CCc3ccccc3C2)C(C)(C)C)cc1. The van der Waals surface area contributed by atoms with Crippen LogP contribution in [-0.4, -0.2) is 36.0 Å². The van der Waals surface area contributed by atoms with Crippen molar-refractivity contribution in [2.75, 3.05) is 23.7 Å². The van der Waals surface area contributed by atoms with Gasteiger partial charge in [0.2, 0.25) is 5.91 Å². The first-order valence-corrected chi connectivity index (χ1v) is 11.0. The lowest BCUT2D eigenvalue weighted by Crippen LogP contribution is -2.52. The van der Waals surface area contributed by atoms with Crippen LogP contribution in [0.4, 0.5) is 16.2 Å². The highest BCUT2D eigenvalue weighted by Crippen LogP contribution is 2.24. The average Bonchev–Trinajstić information content (AvgIpc) is 2.74. The molecule has 0 radical (unpaired) electrons. The molecule has 1 aliphatic rings. The smallest absolute Gasteiger partial charge is 0.319 e. The second-order valence-corrected chi connectivity index (χ2v) is 9.25. The standard InChI is InChI=1S/C25H34N4O2/c1-5-23(30)26-20-10-12-21(13-11-20)27-24(31)28-22(25(2,3)4)17-29-15-14-18-8-6-7-9-19(18)16-29/h6-13,22H,5,14-17H2,1-4H3,(H,26,30)(H2,27,28,31). The Morgan fingerprint density at radius 1 is 0.968 bits per heavy atom. The van der Waals surface area contributed by atoms with Crippen molar-refractivity contribution in [1.29, 1.82) is 0 Å². The Morgan fingerprint density at radius 2 is 1.58 bits per heavy atom. The van der Waals surface area contributed by atoms with Gasteiger partial charge in [0.1, 0.15) is 0 Å². The number of anilines is 2. The van der Waals surface area contributed by atoms with E-state index in [-0.39, 0.29) is 23.4 Å². The first kappa shape index (κ1) is 22.8. The summed E-state index contributed by atoms with van der Waals surface area (Å²) in [5.74, 6) is -0.0354. The van der Waals surface area contributed by atoms with Crippen molar-refractivity contribution >= 4 is 23.3 Å². The van der Waals surface area contributed by atoms with Gasteiger partial charge in [0.15, 0.2) is 0 Å². The van der Waals surface area contributed by atoms with Gasteiger partial charge < -0.3 is 16.0 Å². The lowest BCUT2D eigenvalue weighted by Gasteiger charge is -2.37. The fraction of sp³-hybridized carbons (Fsp3) is 0.440. The molecule has 6 nitrogen and oxygen atoms in total. The number of hydrogen-bond donors (Lipinski definition) is 3. The number of benzene rings is 2. The van der Waals surface area contributed by atoms with Crippen LogP contribution in [-0.2, 0) is 17.8 Å².